The Hall–Kier alpha value is -0.870. The van der Waals surface area contributed by atoms with Gasteiger partial charge in [0.25, 0.3) is 0 Å². The number of hydrogen-bond acceptors (Lipinski definition) is 4. The van der Waals surface area contributed by atoms with Crippen LogP contribution in [-0.2, 0) is 6.54 Å². The van der Waals surface area contributed by atoms with Crippen LogP contribution in [0.4, 0.5) is 0 Å². The third-order valence-electron chi connectivity index (χ3n) is 5.24. The van der Waals surface area contributed by atoms with E-state index >= 15 is 0 Å². The molecule has 0 radical (unpaired) electrons. The van der Waals surface area contributed by atoms with Gasteiger partial charge in [0.1, 0.15) is 13.2 Å². The van der Waals surface area contributed by atoms with Gasteiger partial charge in [-0.15, -0.1) is 11.8 Å². The van der Waals surface area contributed by atoms with E-state index in [0.29, 0.717) is 13.2 Å². The van der Waals surface area contributed by atoms with E-state index in [1.165, 1.54) is 36.1 Å². The minimum atomic E-state index is 0.656. The molecule has 3 nitrogen and oxygen atoms in total. The van der Waals surface area contributed by atoms with E-state index in [0.717, 1.165) is 35.9 Å². The summed E-state index contributed by atoms with van der Waals surface area (Å²) in [4.78, 5) is 1.30. The van der Waals surface area contributed by atoms with E-state index < -0.39 is 0 Å². The Morgan fingerprint density at radius 1 is 1.14 bits per heavy atom. The highest BCUT2D eigenvalue weighted by Gasteiger charge is 2.39. The van der Waals surface area contributed by atoms with Crippen molar-refractivity contribution in [3.05, 3.63) is 17.7 Å². The summed E-state index contributed by atoms with van der Waals surface area (Å²) in [5.41, 5.74) is 1.34. The molecule has 2 saturated carbocycles. The van der Waals surface area contributed by atoms with Crippen molar-refractivity contribution in [2.24, 2.45) is 11.8 Å². The molecule has 3 unspecified atom stereocenters. The predicted molar refractivity (Wildman–Crippen MR) is 85.3 cm³/mol. The van der Waals surface area contributed by atoms with Crippen LogP contribution in [0.25, 0.3) is 0 Å². The first kappa shape index (κ1) is 13.8. The summed E-state index contributed by atoms with van der Waals surface area (Å²) in [5.74, 6) is 3.72. The summed E-state index contributed by atoms with van der Waals surface area (Å²) >= 11 is 1.79. The lowest BCUT2D eigenvalue weighted by Gasteiger charge is -2.25. The van der Waals surface area contributed by atoms with Crippen molar-refractivity contribution < 1.29 is 9.47 Å². The summed E-state index contributed by atoms with van der Waals surface area (Å²) in [6.07, 6.45) is 7.85. The van der Waals surface area contributed by atoms with Crippen LogP contribution in [0.2, 0.25) is 0 Å². The fourth-order valence-electron chi connectivity index (χ4n) is 4.18. The van der Waals surface area contributed by atoms with Crippen LogP contribution in [0.15, 0.2) is 17.0 Å². The molecular weight excluding hydrogens is 282 g/mol. The van der Waals surface area contributed by atoms with Gasteiger partial charge < -0.3 is 14.8 Å². The van der Waals surface area contributed by atoms with Crippen molar-refractivity contribution in [1.82, 2.24) is 5.32 Å². The molecule has 2 aliphatic carbocycles. The highest BCUT2D eigenvalue weighted by Crippen LogP contribution is 2.44. The molecule has 0 aromatic heterocycles. The number of benzene rings is 1. The van der Waals surface area contributed by atoms with Crippen LogP contribution in [0, 0.1) is 11.8 Å². The van der Waals surface area contributed by atoms with Gasteiger partial charge in [-0.05, 0) is 55.1 Å². The fourth-order valence-corrected chi connectivity index (χ4v) is 4.79. The fraction of sp³-hybridized carbons (Fsp3) is 0.647. The lowest BCUT2D eigenvalue weighted by atomic mass is 9.95. The second-order valence-electron chi connectivity index (χ2n) is 6.47. The van der Waals surface area contributed by atoms with Crippen LogP contribution in [-0.4, -0.2) is 25.5 Å². The molecule has 2 fully saturated rings. The van der Waals surface area contributed by atoms with E-state index in [9.17, 15) is 0 Å². The molecule has 21 heavy (non-hydrogen) atoms. The maximum absolute atomic E-state index is 5.72. The van der Waals surface area contributed by atoms with Crippen molar-refractivity contribution in [1.29, 1.82) is 0 Å². The first-order valence-corrected chi connectivity index (χ1v) is 9.26. The standard InChI is InChI=1S/C17H23NO2S/c1-21-17-9-16-15(19-4-5-20-16)8-13(17)10-18-14-7-11-2-3-12(14)6-11/h8-9,11-12,14,18H,2-7,10H2,1H3. The van der Waals surface area contributed by atoms with E-state index in [2.05, 4.69) is 23.7 Å². The molecule has 0 saturated heterocycles. The van der Waals surface area contributed by atoms with Gasteiger partial charge in [0.2, 0.25) is 0 Å². The molecule has 3 aliphatic rings. The third kappa shape index (κ3) is 2.64. The molecule has 1 heterocycles. The first-order chi connectivity index (χ1) is 10.3. The van der Waals surface area contributed by atoms with Crippen molar-refractivity contribution in [3.63, 3.8) is 0 Å². The summed E-state index contributed by atoms with van der Waals surface area (Å²) in [6, 6.07) is 5.03. The van der Waals surface area contributed by atoms with Gasteiger partial charge >= 0.3 is 0 Å². The van der Waals surface area contributed by atoms with Crippen molar-refractivity contribution in [3.8, 4) is 11.5 Å². The number of hydrogen-bond donors (Lipinski definition) is 1. The molecule has 4 heteroatoms. The zero-order chi connectivity index (χ0) is 14.2. The molecular formula is C17H23NO2S. The van der Waals surface area contributed by atoms with Gasteiger partial charge in [-0.2, -0.15) is 0 Å². The van der Waals surface area contributed by atoms with Crippen LogP contribution in [0.3, 0.4) is 0 Å². The molecule has 1 aliphatic heterocycles. The zero-order valence-corrected chi connectivity index (χ0v) is 13.4. The molecule has 1 aromatic rings. The van der Waals surface area contributed by atoms with Crippen LogP contribution < -0.4 is 14.8 Å². The molecule has 1 aromatic carbocycles. The van der Waals surface area contributed by atoms with Crippen molar-refractivity contribution in [2.75, 3.05) is 19.5 Å². The SMILES string of the molecule is CSc1cc2c(cc1CNC1CC3CCC1C3)OCCO2. The number of ether oxygens (including phenoxy) is 2. The van der Waals surface area contributed by atoms with Gasteiger partial charge in [-0.3, -0.25) is 0 Å². The Labute approximate surface area is 130 Å². The Balaban J connectivity index is 1.48. The quantitative estimate of drug-likeness (QED) is 0.863. The monoisotopic (exact) mass is 305 g/mol. The average Bonchev–Trinajstić information content (AvgIpc) is 3.14. The Kier molecular flexibility index (Phi) is 3.76. The molecule has 114 valence electrons. The maximum Gasteiger partial charge on any atom is 0.162 e. The second kappa shape index (κ2) is 5.73. The normalized spacial score (nSPS) is 29.9. The van der Waals surface area contributed by atoms with Crippen molar-refractivity contribution in [2.45, 2.75) is 43.2 Å². The van der Waals surface area contributed by atoms with Crippen LogP contribution in [0.1, 0.15) is 31.2 Å². The van der Waals surface area contributed by atoms with Gasteiger partial charge in [0.05, 0.1) is 0 Å². The molecule has 1 N–H and O–H groups in total. The predicted octanol–water partition coefficient (Wildman–Crippen LogP) is 3.46. The van der Waals surface area contributed by atoms with Crippen molar-refractivity contribution >= 4 is 11.8 Å². The van der Waals surface area contributed by atoms with Gasteiger partial charge in [-0.1, -0.05) is 6.42 Å². The summed E-state index contributed by atoms with van der Waals surface area (Å²) in [7, 11) is 0. The van der Waals surface area contributed by atoms with Crippen LogP contribution >= 0.6 is 11.8 Å². The van der Waals surface area contributed by atoms with Gasteiger partial charge in [0, 0.05) is 17.5 Å². The van der Waals surface area contributed by atoms with Gasteiger partial charge in [0.15, 0.2) is 11.5 Å². The van der Waals surface area contributed by atoms with E-state index in [-0.39, 0.29) is 0 Å². The molecule has 2 bridgehead atoms. The Bertz CT molecular complexity index is 534. The topological polar surface area (TPSA) is 30.5 Å². The summed E-state index contributed by atoms with van der Waals surface area (Å²) < 4.78 is 11.4. The van der Waals surface area contributed by atoms with Gasteiger partial charge in [-0.25, -0.2) is 0 Å². The number of thioether (sulfide) groups is 1. The average molecular weight is 305 g/mol. The van der Waals surface area contributed by atoms with E-state index in [4.69, 9.17) is 9.47 Å². The minimum Gasteiger partial charge on any atom is -0.486 e. The molecule has 4 rings (SSSR count). The molecule has 3 atom stereocenters. The minimum absolute atomic E-state index is 0.656. The zero-order valence-electron chi connectivity index (χ0n) is 12.6. The van der Waals surface area contributed by atoms with Crippen LogP contribution in [0.5, 0.6) is 11.5 Å². The smallest absolute Gasteiger partial charge is 0.162 e. The van der Waals surface area contributed by atoms with E-state index in [1.54, 1.807) is 11.8 Å². The number of rotatable bonds is 4. The largest absolute Gasteiger partial charge is 0.486 e. The Morgan fingerprint density at radius 2 is 1.95 bits per heavy atom. The number of nitrogens with one attached hydrogen (secondary N) is 1. The highest BCUT2D eigenvalue weighted by molar-refractivity contribution is 7.98. The first-order valence-electron chi connectivity index (χ1n) is 8.03. The summed E-state index contributed by atoms with van der Waals surface area (Å²) in [5, 5.41) is 3.80. The second-order valence-corrected chi connectivity index (χ2v) is 7.32. The maximum atomic E-state index is 5.72. The lowest BCUT2D eigenvalue weighted by molar-refractivity contribution is 0.170. The summed E-state index contributed by atoms with van der Waals surface area (Å²) in [6.45, 7) is 2.26. The lowest BCUT2D eigenvalue weighted by Crippen LogP contribution is -2.33. The third-order valence-corrected chi connectivity index (χ3v) is 6.06. The highest BCUT2D eigenvalue weighted by atomic mass is 32.2. The molecule has 0 amide bonds. The number of fused-ring (bicyclic) bond motifs is 3. The Morgan fingerprint density at radius 3 is 2.62 bits per heavy atom. The van der Waals surface area contributed by atoms with E-state index in [1.807, 2.05) is 0 Å². The molecule has 0 spiro atoms.